The minimum atomic E-state index is -0.793. The van der Waals surface area contributed by atoms with E-state index in [-0.39, 0.29) is 12.3 Å². The molecule has 0 bridgehead atoms. The first-order valence-electron chi connectivity index (χ1n) is 7.03. The molecule has 0 saturated carbocycles. The number of hydrogen-bond donors (Lipinski definition) is 3. The summed E-state index contributed by atoms with van der Waals surface area (Å²) in [6.07, 6.45) is 3.52. The molecule has 0 unspecified atom stereocenters. The molecule has 5 heteroatoms. The van der Waals surface area contributed by atoms with E-state index >= 15 is 0 Å². The van der Waals surface area contributed by atoms with E-state index in [9.17, 15) is 9.59 Å². The topological polar surface area (TPSA) is 78.4 Å². The largest absolute Gasteiger partial charge is 0.481 e. The Kier molecular flexibility index (Phi) is 4.98. The van der Waals surface area contributed by atoms with Crippen LogP contribution < -0.4 is 10.6 Å². The number of carbonyl (C=O) groups excluding carboxylic acids is 1. The molecule has 0 atom stereocenters. The zero-order valence-corrected chi connectivity index (χ0v) is 11.4. The molecular formula is C15H20N2O3. The van der Waals surface area contributed by atoms with Crippen LogP contribution in [-0.2, 0) is 11.2 Å². The molecule has 1 heterocycles. The smallest absolute Gasteiger partial charge is 0.303 e. The summed E-state index contributed by atoms with van der Waals surface area (Å²) in [5.41, 5.74) is 2.98. The summed E-state index contributed by atoms with van der Waals surface area (Å²) in [5.74, 6) is -0.882. The van der Waals surface area contributed by atoms with Crippen LogP contribution in [0.4, 0.5) is 5.69 Å². The highest BCUT2D eigenvalue weighted by molar-refractivity contribution is 5.94. The van der Waals surface area contributed by atoms with Crippen LogP contribution in [0.25, 0.3) is 0 Å². The number of unbranched alkanes of at least 4 members (excludes halogenated alkanes) is 1. The quantitative estimate of drug-likeness (QED) is 0.695. The van der Waals surface area contributed by atoms with Gasteiger partial charge in [0.2, 0.25) is 0 Å². The van der Waals surface area contributed by atoms with Crippen molar-refractivity contribution in [1.82, 2.24) is 5.32 Å². The minimum absolute atomic E-state index is 0.0892. The van der Waals surface area contributed by atoms with Crippen molar-refractivity contribution in [2.45, 2.75) is 32.1 Å². The van der Waals surface area contributed by atoms with Crippen LogP contribution in [0, 0.1) is 0 Å². The molecule has 0 saturated heterocycles. The third kappa shape index (κ3) is 3.98. The SMILES string of the molecule is O=C(O)CCCCNC(=O)c1ccc2c(c1)CCCN2. The molecule has 0 spiro atoms. The summed E-state index contributed by atoms with van der Waals surface area (Å²) in [5, 5.41) is 14.7. The summed E-state index contributed by atoms with van der Waals surface area (Å²) >= 11 is 0. The van der Waals surface area contributed by atoms with Crippen LogP contribution in [0.5, 0.6) is 0 Å². The van der Waals surface area contributed by atoms with Crippen LogP contribution in [0.1, 0.15) is 41.6 Å². The van der Waals surface area contributed by atoms with Crippen LogP contribution in [0.2, 0.25) is 0 Å². The fourth-order valence-electron chi connectivity index (χ4n) is 2.32. The van der Waals surface area contributed by atoms with Crippen molar-refractivity contribution in [3.63, 3.8) is 0 Å². The third-order valence-corrected chi connectivity index (χ3v) is 3.41. The molecule has 1 aliphatic heterocycles. The van der Waals surface area contributed by atoms with Gasteiger partial charge < -0.3 is 15.7 Å². The van der Waals surface area contributed by atoms with E-state index in [2.05, 4.69) is 10.6 Å². The van der Waals surface area contributed by atoms with Gasteiger partial charge >= 0.3 is 5.97 Å². The molecule has 1 aromatic carbocycles. The molecule has 2 rings (SSSR count). The molecule has 0 aromatic heterocycles. The maximum absolute atomic E-state index is 12.0. The normalized spacial score (nSPS) is 13.2. The number of rotatable bonds is 6. The number of carboxylic acids is 1. The van der Waals surface area contributed by atoms with Gasteiger partial charge in [0, 0.05) is 30.8 Å². The van der Waals surface area contributed by atoms with Gasteiger partial charge in [-0.15, -0.1) is 0 Å². The Morgan fingerprint density at radius 2 is 2.15 bits per heavy atom. The predicted molar refractivity (Wildman–Crippen MR) is 77.1 cm³/mol. The first-order chi connectivity index (χ1) is 9.66. The average molecular weight is 276 g/mol. The van der Waals surface area contributed by atoms with E-state index in [1.807, 2.05) is 18.2 Å². The van der Waals surface area contributed by atoms with E-state index in [4.69, 9.17) is 5.11 Å². The molecule has 20 heavy (non-hydrogen) atoms. The van der Waals surface area contributed by atoms with Crippen molar-refractivity contribution in [2.75, 3.05) is 18.4 Å². The predicted octanol–water partition coefficient (Wildman–Crippen LogP) is 2.03. The van der Waals surface area contributed by atoms with Gasteiger partial charge in [-0.1, -0.05) is 0 Å². The number of hydrogen-bond acceptors (Lipinski definition) is 3. The Bertz CT molecular complexity index is 500. The van der Waals surface area contributed by atoms with Crippen molar-refractivity contribution in [3.05, 3.63) is 29.3 Å². The Labute approximate surface area is 118 Å². The van der Waals surface area contributed by atoms with Crippen LogP contribution in [-0.4, -0.2) is 30.1 Å². The molecule has 1 aliphatic rings. The van der Waals surface area contributed by atoms with Crippen molar-refractivity contribution in [2.24, 2.45) is 0 Å². The number of amides is 1. The molecule has 3 N–H and O–H groups in total. The second-order valence-corrected chi connectivity index (χ2v) is 5.01. The Hall–Kier alpha value is -2.04. The number of nitrogens with one attached hydrogen (secondary N) is 2. The molecule has 1 amide bonds. The number of aryl methyl sites for hydroxylation is 1. The van der Waals surface area contributed by atoms with Gasteiger partial charge in [0.1, 0.15) is 0 Å². The van der Waals surface area contributed by atoms with E-state index in [0.29, 0.717) is 24.9 Å². The van der Waals surface area contributed by atoms with Crippen LogP contribution >= 0.6 is 0 Å². The highest BCUT2D eigenvalue weighted by Gasteiger charge is 2.12. The molecule has 0 aliphatic carbocycles. The van der Waals surface area contributed by atoms with Gasteiger partial charge in [0.25, 0.3) is 5.91 Å². The lowest BCUT2D eigenvalue weighted by Crippen LogP contribution is -2.25. The number of anilines is 1. The minimum Gasteiger partial charge on any atom is -0.481 e. The van der Waals surface area contributed by atoms with Gasteiger partial charge in [-0.25, -0.2) is 0 Å². The number of benzene rings is 1. The highest BCUT2D eigenvalue weighted by atomic mass is 16.4. The third-order valence-electron chi connectivity index (χ3n) is 3.41. The first-order valence-corrected chi connectivity index (χ1v) is 7.03. The fourth-order valence-corrected chi connectivity index (χ4v) is 2.32. The lowest BCUT2D eigenvalue weighted by molar-refractivity contribution is -0.137. The Balaban J connectivity index is 1.82. The zero-order valence-electron chi connectivity index (χ0n) is 11.4. The lowest BCUT2D eigenvalue weighted by atomic mass is 10.0. The van der Waals surface area contributed by atoms with E-state index in [1.165, 1.54) is 5.56 Å². The standard InChI is InChI=1S/C15H20N2O3/c18-14(19)5-1-2-8-17-15(20)12-6-7-13-11(10-12)4-3-9-16-13/h6-7,10,16H,1-5,8-9H2,(H,17,20)(H,18,19). The Morgan fingerprint density at radius 3 is 2.95 bits per heavy atom. The molecule has 108 valence electrons. The van der Waals surface area contributed by atoms with Crippen LogP contribution in [0.3, 0.4) is 0 Å². The summed E-state index contributed by atoms with van der Waals surface area (Å²) in [7, 11) is 0. The van der Waals surface area contributed by atoms with Crippen molar-refractivity contribution in [3.8, 4) is 0 Å². The van der Waals surface area contributed by atoms with Crippen molar-refractivity contribution >= 4 is 17.6 Å². The number of fused-ring (bicyclic) bond motifs is 1. The monoisotopic (exact) mass is 276 g/mol. The van der Waals surface area contributed by atoms with E-state index < -0.39 is 5.97 Å². The first kappa shape index (κ1) is 14.4. The number of aliphatic carboxylic acids is 1. The highest BCUT2D eigenvalue weighted by Crippen LogP contribution is 2.22. The molecule has 1 aromatic rings. The zero-order chi connectivity index (χ0) is 14.4. The van der Waals surface area contributed by atoms with Gasteiger partial charge in [-0.2, -0.15) is 0 Å². The lowest BCUT2D eigenvalue weighted by Gasteiger charge is -2.18. The second kappa shape index (κ2) is 6.93. The van der Waals surface area contributed by atoms with Gasteiger partial charge in [0.15, 0.2) is 0 Å². The van der Waals surface area contributed by atoms with Gasteiger partial charge in [-0.05, 0) is 49.4 Å². The van der Waals surface area contributed by atoms with Gasteiger partial charge in [-0.3, -0.25) is 9.59 Å². The van der Waals surface area contributed by atoms with E-state index in [0.717, 1.165) is 25.1 Å². The summed E-state index contributed by atoms with van der Waals surface area (Å²) in [6.45, 7) is 1.50. The van der Waals surface area contributed by atoms with Gasteiger partial charge in [0.05, 0.1) is 0 Å². The summed E-state index contributed by atoms with van der Waals surface area (Å²) in [4.78, 5) is 22.3. The van der Waals surface area contributed by atoms with Crippen molar-refractivity contribution in [1.29, 1.82) is 0 Å². The maximum atomic E-state index is 12.0. The average Bonchev–Trinajstić information content (AvgIpc) is 2.46. The molecule has 0 fully saturated rings. The Morgan fingerprint density at radius 1 is 1.30 bits per heavy atom. The molecule has 5 nitrogen and oxygen atoms in total. The van der Waals surface area contributed by atoms with Crippen LogP contribution in [0.15, 0.2) is 18.2 Å². The molecule has 0 radical (unpaired) electrons. The summed E-state index contributed by atoms with van der Waals surface area (Å²) < 4.78 is 0. The molecular weight excluding hydrogens is 256 g/mol. The summed E-state index contributed by atoms with van der Waals surface area (Å²) in [6, 6.07) is 5.71. The second-order valence-electron chi connectivity index (χ2n) is 5.01. The fraction of sp³-hybridized carbons (Fsp3) is 0.467. The number of carboxylic acid groups (broad SMARTS) is 1. The maximum Gasteiger partial charge on any atom is 0.303 e. The number of carbonyl (C=O) groups is 2. The van der Waals surface area contributed by atoms with Crippen molar-refractivity contribution < 1.29 is 14.7 Å². The van der Waals surface area contributed by atoms with E-state index in [1.54, 1.807) is 0 Å².